The number of benzene rings is 2. The van der Waals surface area contributed by atoms with E-state index in [4.69, 9.17) is 15.2 Å². The third kappa shape index (κ3) is 4.15. The first-order valence-electron chi connectivity index (χ1n) is 9.69. The molecule has 0 saturated heterocycles. The van der Waals surface area contributed by atoms with Crippen LogP contribution in [-0.2, 0) is 14.6 Å². The van der Waals surface area contributed by atoms with Gasteiger partial charge in [0.05, 0.1) is 17.5 Å². The Labute approximate surface area is 177 Å². The lowest BCUT2D eigenvalue weighted by molar-refractivity contribution is 0.0497. The molecular formula is C22H28N2O5S. The van der Waals surface area contributed by atoms with Crippen molar-refractivity contribution in [1.82, 2.24) is 5.32 Å². The van der Waals surface area contributed by atoms with Gasteiger partial charge in [-0.15, -0.1) is 0 Å². The third-order valence-corrected chi connectivity index (χ3v) is 7.50. The molecule has 2 aromatic carbocycles. The zero-order chi connectivity index (χ0) is 22.2. The molecule has 0 heterocycles. The SMILES string of the molecule is COc1ccc(C2C(S(=O)(=O)c3ccccc3)C2(CN)NC(=O)OC(C)(C)C)cc1. The van der Waals surface area contributed by atoms with Crippen molar-refractivity contribution in [1.29, 1.82) is 0 Å². The van der Waals surface area contributed by atoms with Crippen LogP contribution in [0.5, 0.6) is 5.75 Å². The Morgan fingerprint density at radius 3 is 2.20 bits per heavy atom. The van der Waals surface area contributed by atoms with Crippen molar-refractivity contribution in [2.45, 2.75) is 48.0 Å². The fourth-order valence-electron chi connectivity index (χ4n) is 3.84. The molecule has 7 nitrogen and oxygen atoms in total. The summed E-state index contributed by atoms with van der Waals surface area (Å²) < 4.78 is 37.5. The largest absolute Gasteiger partial charge is 0.497 e. The maximum atomic E-state index is 13.5. The lowest BCUT2D eigenvalue weighted by Gasteiger charge is -2.24. The number of amides is 1. The summed E-state index contributed by atoms with van der Waals surface area (Å²) in [7, 11) is -2.21. The normalized spacial score (nSPS) is 23.5. The molecule has 0 aliphatic heterocycles. The highest BCUT2D eigenvalue weighted by molar-refractivity contribution is 7.92. The molecule has 1 aliphatic rings. The van der Waals surface area contributed by atoms with Crippen LogP contribution in [-0.4, -0.2) is 44.6 Å². The summed E-state index contributed by atoms with van der Waals surface area (Å²) in [5.41, 5.74) is 4.92. The van der Waals surface area contributed by atoms with Crippen LogP contribution >= 0.6 is 0 Å². The molecule has 3 rings (SSSR count). The second-order valence-corrected chi connectivity index (χ2v) is 10.5. The smallest absolute Gasteiger partial charge is 0.408 e. The van der Waals surface area contributed by atoms with Gasteiger partial charge in [-0.05, 0) is 50.6 Å². The van der Waals surface area contributed by atoms with E-state index in [0.29, 0.717) is 5.75 Å². The number of carbonyl (C=O) groups is 1. The molecule has 3 N–H and O–H groups in total. The van der Waals surface area contributed by atoms with E-state index in [1.165, 1.54) is 0 Å². The Morgan fingerprint density at radius 2 is 1.70 bits per heavy atom. The van der Waals surface area contributed by atoms with E-state index in [1.807, 2.05) is 0 Å². The summed E-state index contributed by atoms with van der Waals surface area (Å²) in [4.78, 5) is 12.7. The van der Waals surface area contributed by atoms with Gasteiger partial charge in [0.25, 0.3) is 0 Å². The van der Waals surface area contributed by atoms with E-state index in [2.05, 4.69) is 5.32 Å². The maximum Gasteiger partial charge on any atom is 0.408 e. The number of sulfone groups is 1. The van der Waals surface area contributed by atoms with Crippen LogP contribution in [0.15, 0.2) is 59.5 Å². The van der Waals surface area contributed by atoms with E-state index in [9.17, 15) is 13.2 Å². The number of hydrogen-bond donors (Lipinski definition) is 2. The summed E-state index contributed by atoms with van der Waals surface area (Å²) in [6, 6.07) is 15.3. The van der Waals surface area contributed by atoms with Gasteiger partial charge in [0.2, 0.25) is 0 Å². The van der Waals surface area contributed by atoms with Crippen molar-refractivity contribution < 1.29 is 22.7 Å². The first-order valence-corrected chi connectivity index (χ1v) is 11.2. The van der Waals surface area contributed by atoms with Gasteiger partial charge in [-0.3, -0.25) is 0 Å². The highest BCUT2D eigenvalue weighted by Gasteiger charge is 2.71. The predicted molar refractivity (Wildman–Crippen MR) is 114 cm³/mol. The number of nitrogens with two attached hydrogens (primary N) is 1. The molecule has 3 unspecified atom stereocenters. The summed E-state index contributed by atoms with van der Waals surface area (Å²) in [6.45, 7) is 5.18. The minimum atomic E-state index is -3.77. The lowest BCUT2D eigenvalue weighted by atomic mass is 10.1. The van der Waals surface area contributed by atoms with Crippen LogP contribution in [0.2, 0.25) is 0 Å². The molecule has 3 atom stereocenters. The van der Waals surface area contributed by atoms with Crippen molar-refractivity contribution >= 4 is 15.9 Å². The first-order chi connectivity index (χ1) is 14.0. The summed E-state index contributed by atoms with van der Waals surface area (Å²) in [6.07, 6.45) is -0.697. The van der Waals surface area contributed by atoms with Gasteiger partial charge in [0.15, 0.2) is 9.84 Å². The van der Waals surface area contributed by atoms with Gasteiger partial charge in [-0.25, -0.2) is 13.2 Å². The standard InChI is InChI=1S/C22H28N2O5S/c1-21(2,3)29-20(25)24-22(14-23)18(15-10-12-16(28-4)13-11-15)19(22)30(26,27)17-8-6-5-7-9-17/h5-13,18-19H,14,23H2,1-4H3,(H,24,25). The molecule has 1 aliphatic carbocycles. The number of nitrogens with one attached hydrogen (secondary N) is 1. The zero-order valence-electron chi connectivity index (χ0n) is 17.6. The van der Waals surface area contributed by atoms with Crippen LogP contribution < -0.4 is 15.8 Å². The van der Waals surface area contributed by atoms with Crippen molar-refractivity contribution in [2.24, 2.45) is 5.73 Å². The topological polar surface area (TPSA) is 108 Å². The lowest BCUT2D eigenvalue weighted by Crippen LogP contribution is -2.49. The van der Waals surface area contributed by atoms with E-state index < -0.39 is 38.2 Å². The predicted octanol–water partition coefficient (Wildman–Crippen LogP) is 2.86. The van der Waals surface area contributed by atoms with Gasteiger partial charge in [-0.2, -0.15) is 0 Å². The van der Waals surface area contributed by atoms with E-state index in [0.717, 1.165) is 5.56 Å². The monoisotopic (exact) mass is 432 g/mol. The van der Waals surface area contributed by atoms with Gasteiger partial charge in [0.1, 0.15) is 16.6 Å². The number of hydrogen-bond acceptors (Lipinski definition) is 6. The average molecular weight is 433 g/mol. The summed E-state index contributed by atoms with van der Waals surface area (Å²) in [5, 5.41) is 1.86. The molecule has 0 aromatic heterocycles. The van der Waals surface area contributed by atoms with Crippen LogP contribution in [0, 0.1) is 0 Å². The third-order valence-electron chi connectivity index (χ3n) is 5.21. The molecule has 0 radical (unpaired) electrons. The van der Waals surface area contributed by atoms with Crippen molar-refractivity contribution in [2.75, 3.05) is 13.7 Å². The Morgan fingerprint density at radius 1 is 1.10 bits per heavy atom. The second kappa shape index (κ2) is 7.92. The maximum absolute atomic E-state index is 13.5. The Bertz CT molecular complexity index is 1000. The Balaban J connectivity index is 2.02. The number of alkyl carbamates (subject to hydrolysis) is 1. The number of methoxy groups -OCH3 is 1. The molecule has 8 heteroatoms. The number of rotatable bonds is 6. The van der Waals surface area contributed by atoms with Crippen LogP contribution in [0.3, 0.4) is 0 Å². The molecule has 162 valence electrons. The molecule has 0 bridgehead atoms. The van der Waals surface area contributed by atoms with E-state index in [1.54, 1.807) is 82.5 Å². The number of carbonyl (C=O) groups excluding carboxylic acids is 1. The highest BCUT2D eigenvalue weighted by Crippen LogP contribution is 2.57. The molecular weight excluding hydrogens is 404 g/mol. The van der Waals surface area contributed by atoms with E-state index >= 15 is 0 Å². The summed E-state index contributed by atoms with van der Waals surface area (Å²) >= 11 is 0. The van der Waals surface area contributed by atoms with E-state index in [-0.39, 0.29) is 11.4 Å². The van der Waals surface area contributed by atoms with Gasteiger partial charge in [-0.1, -0.05) is 30.3 Å². The van der Waals surface area contributed by atoms with Crippen LogP contribution in [0.25, 0.3) is 0 Å². The zero-order valence-corrected chi connectivity index (χ0v) is 18.4. The average Bonchev–Trinajstić information content (AvgIpc) is 3.36. The van der Waals surface area contributed by atoms with Crippen LogP contribution in [0.1, 0.15) is 32.3 Å². The molecule has 1 fully saturated rings. The molecule has 2 aromatic rings. The molecule has 1 saturated carbocycles. The fourth-order valence-corrected chi connectivity index (χ4v) is 6.20. The fraction of sp³-hybridized carbons (Fsp3) is 0.409. The van der Waals surface area contributed by atoms with Gasteiger partial charge >= 0.3 is 6.09 Å². The van der Waals surface area contributed by atoms with Crippen molar-refractivity contribution in [3.05, 3.63) is 60.2 Å². The van der Waals surface area contributed by atoms with Crippen molar-refractivity contribution in [3.8, 4) is 5.75 Å². The Kier molecular flexibility index (Phi) is 5.84. The molecule has 30 heavy (non-hydrogen) atoms. The molecule has 1 amide bonds. The first kappa shape index (κ1) is 22.1. The van der Waals surface area contributed by atoms with Gasteiger partial charge < -0.3 is 20.5 Å². The van der Waals surface area contributed by atoms with Crippen molar-refractivity contribution in [3.63, 3.8) is 0 Å². The second-order valence-electron chi connectivity index (χ2n) is 8.40. The van der Waals surface area contributed by atoms with Gasteiger partial charge in [0, 0.05) is 12.5 Å². The minimum Gasteiger partial charge on any atom is -0.497 e. The molecule has 0 spiro atoms. The minimum absolute atomic E-state index is 0.0559. The highest BCUT2D eigenvalue weighted by atomic mass is 32.2. The summed E-state index contributed by atoms with van der Waals surface area (Å²) in [5.74, 6) is 0.131. The number of ether oxygens (including phenoxy) is 2. The Hall–Kier alpha value is -2.58. The van der Waals surface area contributed by atoms with Crippen LogP contribution in [0.4, 0.5) is 4.79 Å². The quantitative estimate of drug-likeness (QED) is 0.727.